The van der Waals surface area contributed by atoms with Crippen LogP contribution in [-0.2, 0) is 4.74 Å². The molecule has 1 aromatic heterocycles. The summed E-state index contributed by atoms with van der Waals surface area (Å²) in [4.78, 5) is 18.8. The second kappa shape index (κ2) is 9.88. The van der Waals surface area contributed by atoms with Crippen molar-refractivity contribution in [2.45, 2.75) is 13.8 Å². The van der Waals surface area contributed by atoms with E-state index in [2.05, 4.69) is 20.4 Å². The van der Waals surface area contributed by atoms with Crippen LogP contribution in [0.1, 0.15) is 27.9 Å². The number of aromatic nitrogens is 1. The number of hydrazone groups is 1. The van der Waals surface area contributed by atoms with Gasteiger partial charge in [0.15, 0.2) is 5.69 Å². The number of carbonyl (C=O) groups excluding carboxylic acids is 1. The normalized spacial score (nSPS) is 11.1. The van der Waals surface area contributed by atoms with E-state index in [1.54, 1.807) is 13.1 Å². The number of likely N-dealkylation sites (N-methyl/N-ethyl adjacent to an activating group) is 1. The fourth-order valence-electron chi connectivity index (χ4n) is 1.99. The predicted molar refractivity (Wildman–Crippen MR) is 105 cm³/mol. The monoisotopic (exact) mass is 376 g/mol. The number of rotatable bonds is 9. The zero-order valence-electron chi connectivity index (χ0n) is 15.5. The maximum atomic E-state index is 11.8. The largest absolute Gasteiger partial charge is 0.492 e. The van der Waals surface area contributed by atoms with Gasteiger partial charge in [0.2, 0.25) is 5.13 Å². The van der Waals surface area contributed by atoms with Gasteiger partial charge in [0.25, 0.3) is 0 Å². The molecule has 0 radical (unpaired) electrons. The fraction of sp³-hybridized carbons (Fsp3) is 0.389. The third-order valence-electron chi connectivity index (χ3n) is 3.33. The van der Waals surface area contributed by atoms with Crippen molar-refractivity contribution in [3.8, 4) is 5.75 Å². The molecule has 26 heavy (non-hydrogen) atoms. The van der Waals surface area contributed by atoms with Crippen molar-refractivity contribution < 1.29 is 14.3 Å². The summed E-state index contributed by atoms with van der Waals surface area (Å²) in [6.45, 7) is 5.43. The van der Waals surface area contributed by atoms with Gasteiger partial charge >= 0.3 is 5.97 Å². The minimum Gasteiger partial charge on any atom is -0.492 e. The highest BCUT2D eigenvalue weighted by atomic mass is 32.1. The highest BCUT2D eigenvalue weighted by Crippen LogP contribution is 2.22. The molecule has 0 amide bonds. The molecule has 1 aromatic carbocycles. The van der Waals surface area contributed by atoms with Gasteiger partial charge in [-0.15, -0.1) is 0 Å². The Hall–Kier alpha value is -2.45. The number of esters is 1. The minimum atomic E-state index is -0.414. The van der Waals surface area contributed by atoms with E-state index in [0.29, 0.717) is 24.0 Å². The van der Waals surface area contributed by atoms with Gasteiger partial charge in [-0.1, -0.05) is 11.3 Å². The summed E-state index contributed by atoms with van der Waals surface area (Å²) >= 11 is 1.36. The van der Waals surface area contributed by atoms with Crippen LogP contribution in [0, 0.1) is 6.92 Å². The van der Waals surface area contributed by atoms with Gasteiger partial charge in [-0.25, -0.2) is 9.78 Å². The number of carbonyl (C=O) groups is 1. The van der Waals surface area contributed by atoms with Gasteiger partial charge in [0.1, 0.15) is 12.4 Å². The molecular formula is C18H24N4O3S. The van der Waals surface area contributed by atoms with Gasteiger partial charge in [-0.2, -0.15) is 5.10 Å². The van der Waals surface area contributed by atoms with Crippen molar-refractivity contribution >= 4 is 28.7 Å². The molecule has 0 saturated carbocycles. The highest BCUT2D eigenvalue weighted by Gasteiger charge is 2.16. The number of hydrogen-bond donors (Lipinski definition) is 1. The van der Waals surface area contributed by atoms with E-state index in [0.717, 1.165) is 22.7 Å². The summed E-state index contributed by atoms with van der Waals surface area (Å²) in [7, 11) is 4.02. The third kappa shape index (κ3) is 6.12. The summed E-state index contributed by atoms with van der Waals surface area (Å²) < 4.78 is 10.6. The average Bonchev–Trinajstić information content (AvgIpc) is 2.97. The molecule has 7 nitrogen and oxygen atoms in total. The Morgan fingerprint density at radius 1 is 1.35 bits per heavy atom. The molecule has 0 fully saturated rings. The number of aryl methyl sites for hydroxylation is 1. The molecule has 0 spiro atoms. The molecular weight excluding hydrogens is 352 g/mol. The lowest BCUT2D eigenvalue weighted by Crippen LogP contribution is -2.19. The maximum absolute atomic E-state index is 11.8. The smallest absolute Gasteiger partial charge is 0.358 e. The van der Waals surface area contributed by atoms with Gasteiger partial charge < -0.3 is 14.4 Å². The first-order valence-electron chi connectivity index (χ1n) is 8.30. The third-order valence-corrected chi connectivity index (χ3v) is 4.20. The van der Waals surface area contributed by atoms with Crippen LogP contribution in [0.3, 0.4) is 0 Å². The lowest BCUT2D eigenvalue weighted by atomic mass is 10.2. The van der Waals surface area contributed by atoms with Crippen molar-refractivity contribution in [2.75, 3.05) is 39.3 Å². The summed E-state index contributed by atoms with van der Waals surface area (Å²) in [5.74, 6) is 0.412. The van der Waals surface area contributed by atoms with Crippen LogP contribution in [0.4, 0.5) is 5.13 Å². The number of anilines is 1. The van der Waals surface area contributed by atoms with Crippen molar-refractivity contribution in [3.63, 3.8) is 0 Å². The molecule has 0 aliphatic heterocycles. The Balaban J connectivity index is 1.88. The van der Waals surface area contributed by atoms with E-state index < -0.39 is 5.97 Å². The lowest BCUT2D eigenvalue weighted by Gasteiger charge is -2.10. The second-order valence-electron chi connectivity index (χ2n) is 5.74. The molecule has 140 valence electrons. The molecule has 8 heteroatoms. The van der Waals surface area contributed by atoms with Gasteiger partial charge in [0.05, 0.1) is 12.8 Å². The number of nitrogens with one attached hydrogen (secondary N) is 1. The van der Waals surface area contributed by atoms with E-state index >= 15 is 0 Å². The van der Waals surface area contributed by atoms with Crippen LogP contribution in [0.15, 0.2) is 29.4 Å². The predicted octanol–water partition coefficient (Wildman–Crippen LogP) is 3.01. The van der Waals surface area contributed by atoms with E-state index in [-0.39, 0.29) is 0 Å². The molecule has 1 N–H and O–H groups in total. The van der Waals surface area contributed by atoms with Crippen LogP contribution < -0.4 is 10.2 Å². The molecule has 0 bridgehead atoms. The second-order valence-corrected chi connectivity index (χ2v) is 6.94. The molecule has 0 unspecified atom stereocenters. The molecule has 1 heterocycles. The first kappa shape index (κ1) is 19.9. The first-order valence-corrected chi connectivity index (χ1v) is 9.12. The summed E-state index contributed by atoms with van der Waals surface area (Å²) in [5.41, 5.74) is 4.10. The lowest BCUT2D eigenvalue weighted by molar-refractivity contribution is 0.0519. The van der Waals surface area contributed by atoms with Crippen LogP contribution in [0.25, 0.3) is 0 Å². The molecule has 0 atom stereocenters. The quantitative estimate of drug-likeness (QED) is 0.412. The molecule has 2 aromatic rings. The molecule has 2 rings (SSSR count). The summed E-state index contributed by atoms with van der Waals surface area (Å²) in [6, 6.07) is 7.66. The van der Waals surface area contributed by atoms with Crippen molar-refractivity contribution in [1.82, 2.24) is 9.88 Å². The Morgan fingerprint density at radius 2 is 2.08 bits per heavy atom. The zero-order chi connectivity index (χ0) is 18.9. The Kier molecular flexibility index (Phi) is 7.55. The van der Waals surface area contributed by atoms with E-state index in [1.807, 2.05) is 45.3 Å². The molecule has 0 saturated heterocycles. The summed E-state index contributed by atoms with van der Waals surface area (Å²) in [5, 5.41) is 4.71. The zero-order valence-corrected chi connectivity index (χ0v) is 16.3. The van der Waals surface area contributed by atoms with Crippen LogP contribution >= 0.6 is 11.3 Å². The van der Waals surface area contributed by atoms with E-state index in [4.69, 9.17) is 9.47 Å². The number of thiazole rings is 1. The number of benzene rings is 1. The van der Waals surface area contributed by atoms with Crippen molar-refractivity contribution in [3.05, 3.63) is 40.4 Å². The first-order chi connectivity index (χ1) is 12.5. The highest BCUT2D eigenvalue weighted by molar-refractivity contribution is 7.15. The number of nitrogens with zero attached hydrogens (tertiary/aromatic N) is 3. The Labute approximate surface area is 157 Å². The summed E-state index contributed by atoms with van der Waals surface area (Å²) in [6.07, 6.45) is 1.68. The van der Waals surface area contributed by atoms with Crippen LogP contribution in [0.2, 0.25) is 0 Å². The Morgan fingerprint density at radius 3 is 2.73 bits per heavy atom. The maximum Gasteiger partial charge on any atom is 0.358 e. The van der Waals surface area contributed by atoms with Crippen molar-refractivity contribution in [1.29, 1.82) is 0 Å². The Bertz CT molecular complexity index is 741. The average molecular weight is 376 g/mol. The van der Waals surface area contributed by atoms with Crippen molar-refractivity contribution in [2.24, 2.45) is 5.10 Å². The van der Waals surface area contributed by atoms with Gasteiger partial charge in [-0.3, -0.25) is 5.43 Å². The van der Waals surface area contributed by atoms with E-state index in [1.165, 1.54) is 11.3 Å². The minimum absolute atomic E-state index is 0.325. The van der Waals surface area contributed by atoms with Gasteiger partial charge in [0, 0.05) is 11.4 Å². The van der Waals surface area contributed by atoms with Gasteiger partial charge in [-0.05, 0) is 57.8 Å². The topological polar surface area (TPSA) is 76.0 Å². The number of hydrogen-bond acceptors (Lipinski definition) is 8. The number of ether oxygens (including phenoxy) is 2. The SMILES string of the molecule is CCOC(=O)c1nc(N/N=C\c2ccc(OCCN(C)C)cc2)sc1C. The molecule has 0 aliphatic carbocycles. The van der Waals surface area contributed by atoms with E-state index in [9.17, 15) is 4.79 Å². The van der Waals surface area contributed by atoms with Crippen LogP contribution in [0.5, 0.6) is 5.75 Å². The standard InChI is InChI=1S/C18H24N4O3S/c1-5-24-17(23)16-13(2)26-18(20-16)21-19-12-14-6-8-15(9-7-14)25-11-10-22(3)4/h6-9,12H,5,10-11H2,1-4H3,(H,20,21)/b19-12-. The van der Waals surface area contributed by atoms with Crippen LogP contribution in [-0.4, -0.2) is 55.9 Å². The molecule has 0 aliphatic rings. The fourth-order valence-corrected chi connectivity index (χ4v) is 2.74.